The Kier molecular flexibility index (Phi) is 4.42. The Balaban J connectivity index is 3.00. The summed E-state index contributed by atoms with van der Waals surface area (Å²) in [5.74, 6) is -0.152. The number of rotatable bonds is 5. The van der Waals surface area contributed by atoms with Crippen molar-refractivity contribution in [3.63, 3.8) is 0 Å². The van der Waals surface area contributed by atoms with Gasteiger partial charge in [0.1, 0.15) is 5.69 Å². The van der Waals surface area contributed by atoms with Crippen molar-refractivity contribution in [2.24, 2.45) is 5.92 Å². The smallest absolute Gasteiger partial charge is 0.360 e. The van der Waals surface area contributed by atoms with Crippen LogP contribution in [0.2, 0.25) is 0 Å². The molecule has 1 aromatic rings. The molecule has 0 aliphatic heterocycles. The van der Waals surface area contributed by atoms with E-state index in [1.807, 2.05) is 6.92 Å². The Labute approximate surface area is 94.8 Å². The third-order valence-electron chi connectivity index (χ3n) is 2.34. The zero-order chi connectivity index (χ0) is 12.1. The first-order valence-corrected chi connectivity index (χ1v) is 5.34. The third kappa shape index (κ3) is 2.57. The summed E-state index contributed by atoms with van der Waals surface area (Å²) in [6.45, 7) is 6.93. The number of aromatic amines is 1. The fourth-order valence-corrected chi connectivity index (χ4v) is 1.57. The normalized spacial score (nSPS) is 12.8. The highest BCUT2D eigenvalue weighted by Crippen LogP contribution is 2.21. The molecule has 1 rings (SSSR count). The Bertz CT molecular complexity index is 348. The van der Waals surface area contributed by atoms with Gasteiger partial charge in [0.25, 0.3) is 0 Å². The van der Waals surface area contributed by atoms with Gasteiger partial charge in [0.2, 0.25) is 0 Å². The zero-order valence-corrected chi connectivity index (χ0v) is 10.1. The molecule has 1 aromatic heterocycles. The number of nitrogens with zero attached hydrogens (tertiary/aromatic N) is 2. The first kappa shape index (κ1) is 12.6. The summed E-state index contributed by atoms with van der Waals surface area (Å²) in [5, 5.41) is 13.6. The van der Waals surface area contributed by atoms with Crippen LogP contribution in [0.4, 0.5) is 0 Å². The second kappa shape index (κ2) is 5.60. The van der Waals surface area contributed by atoms with E-state index in [4.69, 9.17) is 0 Å². The maximum atomic E-state index is 11.5. The largest absolute Gasteiger partial charge is 0.464 e. The minimum atomic E-state index is -0.465. The van der Waals surface area contributed by atoms with Gasteiger partial charge in [-0.05, 0) is 12.5 Å². The summed E-state index contributed by atoms with van der Waals surface area (Å²) >= 11 is 0. The number of nitrogens with one attached hydrogen (secondary N) is 2. The van der Waals surface area contributed by atoms with Crippen LogP contribution in [0.25, 0.3) is 0 Å². The SMILES string of the molecule is CCNC(c1n[nH]nc1C(=O)OC)C(C)C. The van der Waals surface area contributed by atoms with Crippen molar-refractivity contribution < 1.29 is 9.53 Å². The molecule has 0 fully saturated rings. The zero-order valence-electron chi connectivity index (χ0n) is 10.1. The molecule has 6 heteroatoms. The highest BCUT2D eigenvalue weighted by atomic mass is 16.5. The Morgan fingerprint density at radius 1 is 1.50 bits per heavy atom. The molecule has 0 bridgehead atoms. The number of esters is 1. The topological polar surface area (TPSA) is 79.9 Å². The van der Waals surface area contributed by atoms with E-state index in [-0.39, 0.29) is 11.7 Å². The lowest BCUT2D eigenvalue weighted by atomic mass is 9.99. The number of hydrogen-bond donors (Lipinski definition) is 2. The summed E-state index contributed by atoms with van der Waals surface area (Å²) in [5.41, 5.74) is 0.867. The van der Waals surface area contributed by atoms with E-state index in [1.165, 1.54) is 7.11 Å². The van der Waals surface area contributed by atoms with E-state index in [0.29, 0.717) is 11.6 Å². The van der Waals surface area contributed by atoms with Gasteiger partial charge in [-0.2, -0.15) is 10.3 Å². The summed E-state index contributed by atoms with van der Waals surface area (Å²) in [6, 6.07) is -0.00199. The van der Waals surface area contributed by atoms with Crippen molar-refractivity contribution in [2.75, 3.05) is 13.7 Å². The van der Waals surface area contributed by atoms with Gasteiger partial charge in [-0.15, -0.1) is 5.10 Å². The molecule has 0 aliphatic carbocycles. The van der Waals surface area contributed by atoms with Crippen molar-refractivity contribution >= 4 is 5.97 Å². The molecule has 16 heavy (non-hydrogen) atoms. The molecule has 0 spiro atoms. The molecule has 1 unspecified atom stereocenters. The number of carbonyl (C=O) groups excluding carboxylic acids is 1. The predicted molar refractivity (Wildman–Crippen MR) is 59.0 cm³/mol. The molecule has 0 saturated carbocycles. The highest BCUT2D eigenvalue weighted by Gasteiger charge is 2.25. The molecule has 0 amide bonds. The molecule has 6 nitrogen and oxygen atoms in total. The number of ether oxygens (including phenoxy) is 1. The van der Waals surface area contributed by atoms with Gasteiger partial charge in [-0.1, -0.05) is 20.8 Å². The second-order valence-corrected chi connectivity index (χ2v) is 3.83. The van der Waals surface area contributed by atoms with E-state index < -0.39 is 5.97 Å². The highest BCUT2D eigenvalue weighted by molar-refractivity contribution is 5.88. The van der Waals surface area contributed by atoms with Crippen LogP contribution in [0.15, 0.2) is 0 Å². The average molecular weight is 226 g/mol. The summed E-state index contributed by atoms with van der Waals surface area (Å²) in [6.07, 6.45) is 0. The van der Waals surface area contributed by atoms with Crippen LogP contribution < -0.4 is 5.32 Å². The summed E-state index contributed by atoms with van der Waals surface area (Å²) in [4.78, 5) is 11.5. The molecule has 0 saturated heterocycles. The molecule has 0 radical (unpaired) electrons. The molecular formula is C10H18N4O2. The molecule has 0 aliphatic rings. The van der Waals surface area contributed by atoms with Gasteiger partial charge in [0.05, 0.1) is 13.2 Å². The predicted octanol–water partition coefficient (Wildman–Crippen LogP) is 0.898. The maximum Gasteiger partial charge on any atom is 0.360 e. The minimum absolute atomic E-state index is 0.00199. The standard InChI is InChI=1S/C10H18N4O2/c1-5-11-7(6(2)3)8-9(10(15)16-4)13-14-12-8/h6-7,11H,5H2,1-4H3,(H,12,13,14). The Morgan fingerprint density at radius 3 is 2.69 bits per heavy atom. The van der Waals surface area contributed by atoms with E-state index in [2.05, 4.69) is 39.3 Å². The van der Waals surface area contributed by atoms with Crippen LogP contribution in [0.3, 0.4) is 0 Å². The fraction of sp³-hybridized carbons (Fsp3) is 0.700. The van der Waals surface area contributed by atoms with Crippen molar-refractivity contribution in [1.82, 2.24) is 20.7 Å². The van der Waals surface area contributed by atoms with Crippen LogP contribution in [0.5, 0.6) is 0 Å². The lowest BCUT2D eigenvalue weighted by Crippen LogP contribution is -2.27. The molecular weight excluding hydrogens is 208 g/mol. The van der Waals surface area contributed by atoms with E-state index in [9.17, 15) is 4.79 Å². The van der Waals surface area contributed by atoms with Crippen LogP contribution in [0, 0.1) is 5.92 Å². The molecule has 0 aromatic carbocycles. The monoisotopic (exact) mass is 226 g/mol. The lowest BCUT2D eigenvalue weighted by Gasteiger charge is -2.19. The van der Waals surface area contributed by atoms with E-state index in [0.717, 1.165) is 6.54 Å². The second-order valence-electron chi connectivity index (χ2n) is 3.83. The maximum absolute atomic E-state index is 11.5. The van der Waals surface area contributed by atoms with Crippen LogP contribution >= 0.6 is 0 Å². The molecule has 1 atom stereocenters. The van der Waals surface area contributed by atoms with Crippen molar-refractivity contribution in [1.29, 1.82) is 0 Å². The number of hydrogen-bond acceptors (Lipinski definition) is 5. The van der Waals surface area contributed by atoms with E-state index >= 15 is 0 Å². The molecule has 90 valence electrons. The van der Waals surface area contributed by atoms with Crippen molar-refractivity contribution in [3.8, 4) is 0 Å². The van der Waals surface area contributed by atoms with E-state index in [1.54, 1.807) is 0 Å². The number of H-pyrrole nitrogens is 1. The number of aromatic nitrogens is 3. The Hall–Kier alpha value is -1.43. The number of methoxy groups -OCH3 is 1. The van der Waals surface area contributed by atoms with Gasteiger partial charge in [-0.3, -0.25) is 0 Å². The fourth-order valence-electron chi connectivity index (χ4n) is 1.57. The quantitative estimate of drug-likeness (QED) is 0.729. The average Bonchev–Trinajstić information content (AvgIpc) is 2.72. The van der Waals surface area contributed by atoms with Crippen molar-refractivity contribution in [3.05, 3.63) is 11.4 Å². The van der Waals surface area contributed by atoms with Gasteiger partial charge in [0, 0.05) is 0 Å². The first-order chi connectivity index (χ1) is 7.61. The van der Waals surface area contributed by atoms with Crippen molar-refractivity contribution in [2.45, 2.75) is 26.8 Å². The first-order valence-electron chi connectivity index (χ1n) is 5.34. The third-order valence-corrected chi connectivity index (χ3v) is 2.34. The molecule has 2 N–H and O–H groups in total. The Morgan fingerprint density at radius 2 is 2.19 bits per heavy atom. The van der Waals surface area contributed by atoms with Gasteiger partial charge in [-0.25, -0.2) is 4.79 Å². The van der Waals surface area contributed by atoms with Crippen LogP contribution in [0.1, 0.15) is 43.0 Å². The van der Waals surface area contributed by atoms with Gasteiger partial charge < -0.3 is 10.1 Å². The van der Waals surface area contributed by atoms with Crippen LogP contribution in [-0.4, -0.2) is 35.0 Å². The van der Waals surface area contributed by atoms with Crippen LogP contribution in [-0.2, 0) is 4.74 Å². The van der Waals surface area contributed by atoms with Gasteiger partial charge in [0.15, 0.2) is 5.69 Å². The number of carbonyl (C=O) groups is 1. The minimum Gasteiger partial charge on any atom is -0.464 e. The summed E-state index contributed by atoms with van der Waals surface area (Å²) < 4.78 is 4.65. The lowest BCUT2D eigenvalue weighted by molar-refractivity contribution is 0.0591. The molecule has 1 heterocycles. The van der Waals surface area contributed by atoms with Gasteiger partial charge >= 0.3 is 5.97 Å². The summed E-state index contributed by atoms with van der Waals surface area (Å²) in [7, 11) is 1.33.